The third-order valence-electron chi connectivity index (χ3n) is 3.35. The molecule has 0 saturated carbocycles. The van der Waals surface area contributed by atoms with Crippen LogP contribution in [0.15, 0.2) is 30.6 Å². The molecule has 4 heteroatoms. The molecule has 2 rings (SSSR count). The summed E-state index contributed by atoms with van der Waals surface area (Å²) in [5, 5.41) is 0. The van der Waals surface area contributed by atoms with Gasteiger partial charge < -0.3 is 4.90 Å². The van der Waals surface area contributed by atoms with Crippen LogP contribution in [0.1, 0.15) is 18.9 Å². The van der Waals surface area contributed by atoms with E-state index in [1.54, 1.807) is 18.5 Å². The molecule has 0 spiro atoms. The summed E-state index contributed by atoms with van der Waals surface area (Å²) in [6.45, 7) is 6.97. The SMILES string of the molecule is CCCN1CCN(C(=O)/C=C/c2ccncc2)CC1. The number of amides is 1. The molecule has 0 N–H and O–H groups in total. The lowest BCUT2D eigenvalue weighted by Crippen LogP contribution is -2.48. The van der Waals surface area contributed by atoms with E-state index in [2.05, 4.69) is 16.8 Å². The maximum atomic E-state index is 12.0. The van der Waals surface area contributed by atoms with Crippen molar-refractivity contribution in [2.24, 2.45) is 0 Å². The Balaban J connectivity index is 1.83. The summed E-state index contributed by atoms with van der Waals surface area (Å²) in [5.74, 6) is 0.105. The van der Waals surface area contributed by atoms with Crippen molar-refractivity contribution in [3.05, 3.63) is 36.2 Å². The Labute approximate surface area is 114 Å². The second-order valence-electron chi connectivity index (χ2n) is 4.78. The molecule has 1 aliphatic rings. The molecule has 1 amide bonds. The Morgan fingerprint density at radius 3 is 2.58 bits per heavy atom. The Bertz CT molecular complexity index is 422. The molecule has 0 aromatic carbocycles. The largest absolute Gasteiger partial charge is 0.337 e. The van der Waals surface area contributed by atoms with Gasteiger partial charge in [-0.25, -0.2) is 0 Å². The van der Waals surface area contributed by atoms with E-state index < -0.39 is 0 Å². The van der Waals surface area contributed by atoms with E-state index in [-0.39, 0.29) is 5.91 Å². The van der Waals surface area contributed by atoms with E-state index in [0.717, 1.165) is 38.3 Å². The Kier molecular flexibility index (Phi) is 5.10. The monoisotopic (exact) mass is 259 g/mol. The lowest BCUT2D eigenvalue weighted by atomic mass is 10.2. The molecule has 1 saturated heterocycles. The normalized spacial score (nSPS) is 17.0. The maximum absolute atomic E-state index is 12.0. The summed E-state index contributed by atoms with van der Waals surface area (Å²) in [6, 6.07) is 3.78. The van der Waals surface area contributed by atoms with Gasteiger partial charge in [-0.2, -0.15) is 0 Å². The molecular formula is C15H21N3O. The predicted octanol–water partition coefficient (Wildman–Crippen LogP) is 1.65. The van der Waals surface area contributed by atoms with Gasteiger partial charge in [0.2, 0.25) is 5.91 Å². The maximum Gasteiger partial charge on any atom is 0.246 e. The summed E-state index contributed by atoms with van der Waals surface area (Å²) in [6.07, 6.45) is 8.14. The van der Waals surface area contributed by atoms with Gasteiger partial charge in [0.15, 0.2) is 0 Å². The van der Waals surface area contributed by atoms with Gasteiger partial charge in [0.05, 0.1) is 0 Å². The average molecular weight is 259 g/mol. The van der Waals surface area contributed by atoms with Crippen molar-refractivity contribution in [2.75, 3.05) is 32.7 Å². The van der Waals surface area contributed by atoms with Crippen molar-refractivity contribution >= 4 is 12.0 Å². The zero-order chi connectivity index (χ0) is 13.5. The third kappa shape index (κ3) is 4.17. The fourth-order valence-electron chi connectivity index (χ4n) is 2.26. The molecule has 0 bridgehead atoms. The third-order valence-corrected chi connectivity index (χ3v) is 3.35. The second kappa shape index (κ2) is 7.04. The van der Waals surface area contributed by atoms with Crippen LogP contribution in [0.4, 0.5) is 0 Å². The highest BCUT2D eigenvalue weighted by Gasteiger charge is 2.18. The summed E-state index contributed by atoms with van der Waals surface area (Å²) >= 11 is 0. The van der Waals surface area contributed by atoms with Crippen LogP contribution in [0.3, 0.4) is 0 Å². The van der Waals surface area contributed by atoms with Crippen molar-refractivity contribution in [3.8, 4) is 0 Å². The molecule has 1 aromatic heterocycles. The summed E-state index contributed by atoms with van der Waals surface area (Å²) in [5.41, 5.74) is 1.01. The number of pyridine rings is 1. The summed E-state index contributed by atoms with van der Waals surface area (Å²) < 4.78 is 0. The number of aromatic nitrogens is 1. The van der Waals surface area contributed by atoms with Crippen LogP contribution in [-0.4, -0.2) is 53.4 Å². The zero-order valence-corrected chi connectivity index (χ0v) is 11.5. The highest BCUT2D eigenvalue weighted by molar-refractivity contribution is 5.91. The van der Waals surface area contributed by atoms with E-state index in [4.69, 9.17) is 0 Å². The molecule has 2 heterocycles. The molecule has 0 unspecified atom stereocenters. The van der Waals surface area contributed by atoms with Crippen LogP contribution in [-0.2, 0) is 4.79 Å². The van der Waals surface area contributed by atoms with Crippen molar-refractivity contribution in [1.82, 2.24) is 14.8 Å². The molecule has 102 valence electrons. The minimum atomic E-state index is 0.105. The molecule has 0 radical (unpaired) electrons. The number of carbonyl (C=O) groups is 1. The van der Waals surface area contributed by atoms with E-state index in [0.29, 0.717) is 0 Å². The van der Waals surface area contributed by atoms with Crippen LogP contribution in [0.2, 0.25) is 0 Å². The van der Waals surface area contributed by atoms with Crippen molar-refractivity contribution in [1.29, 1.82) is 0 Å². The molecule has 19 heavy (non-hydrogen) atoms. The van der Waals surface area contributed by atoms with Gasteiger partial charge in [-0.1, -0.05) is 6.92 Å². The number of hydrogen-bond acceptors (Lipinski definition) is 3. The number of rotatable bonds is 4. The fraction of sp³-hybridized carbons (Fsp3) is 0.467. The van der Waals surface area contributed by atoms with Gasteiger partial charge in [-0.05, 0) is 36.7 Å². The smallest absolute Gasteiger partial charge is 0.246 e. The average Bonchev–Trinajstić information content (AvgIpc) is 2.47. The van der Waals surface area contributed by atoms with Gasteiger partial charge in [0, 0.05) is 44.6 Å². The quantitative estimate of drug-likeness (QED) is 0.771. The first-order chi connectivity index (χ1) is 9.29. The van der Waals surface area contributed by atoms with Crippen molar-refractivity contribution in [2.45, 2.75) is 13.3 Å². The Morgan fingerprint density at radius 2 is 1.95 bits per heavy atom. The Morgan fingerprint density at radius 1 is 1.26 bits per heavy atom. The highest BCUT2D eigenvalue weighted by atomic mass is 16.2. The highest BCUT2D eigenvalue weighted by Crippen LogP contribution is 2.05. The van der Waals surface area contributed by atoms with Crippen LogP contribution >= 0.6 is 0 Å². The molecule has 4 nitrogen and oxygen atoms in total. The Hall–Kier alpha value is -1.68. The van der Waals surface area contributed by atoms with Gasteiger partial charge in [0.1, 0.15) is 0 Å². The first-order valence-electron chi connectivity index (χ1n) is 6.89. The van der Waals surface area contributed by atoms with E-state index in [9.17, 15) is 4.79 Å². The van der Waals surface area contributed by atoms with Crippen LogP contribution < -0.4 is 0 Å². The minimum absolute atomic E-state index is 0.105. The standard InChI is InChI=1S/C15H21N3O/c1-2-9-17-10-12-18(13-11-17)15(19)4-3-14-5-7-16-8-6-14/h3-8H,2,9-13H2,1H3/b4-3+. The topological polar surface area (TPSA) is 36.4 Å². The predicted molar refractivity (Wildman–Crippen MR) is 76.6 cm³/mol. The molecule has 0 aliphatic carbocycles. The van der Waals surface area contributed by atoms with Crippen LogP contribution in [0.5, 0.6) is 0 Å². The lowest BCUT2D eigenvalue weighted by Gasteiger charge is -2.34. The minimum Gasteiger partial charge on any atom is -0.337 e. The number of nitrogens with zero attached hydrogens (tertiary/aromatic N) is 3. The molecule has 0 atom stereocenters. The zero-order valence-electron chi connectivity index (χ0n) is 11.5. The summed E-state index contributed by atoms with van der Waals surface area (Å²) in [4.78, 5) is 20.3. The fourth-order valence-corrected chi connectivity index (χ4v) is 2.26. The number of piperazine rings is 1. The summed E-state index contributed by atoms with van der Waals surface area (Å²) in [7, 11) is 0. The molecule has 1 fully saturated rings. The second-order valence-corrected chi connectivity index (χ2v) is 4.78. The van der Waals surface area contributed by atoms with Crippen molar-refractivity contribution < 1.29 is 4.79 Å². The van der Waals surface area contributed by atoms with E-state index in [1.165, 1.54) is 6.42 Å². The van der Waals surface area contributed by atoms with Crippen molar-refractivity contribution in [3.63, 3.8) is 0 Å². The van der Waals surface area contributed by atoms with Gasteiger partial charge in [0.25, 0.3) is 0 Å². The van der Waals surface area contributed by atoms with E-state index in [1.807, 2.05) is 23.1 Å². The van der Waals surface area contributed by atoms with Crippen LogP contribution in [0.25, 0.3) is 6.08 Å². The number of carbonyl (C=O) groups excluding carboxylic acids is 1. The van der Waals surface area contributed by atoms with E-state index >= 15 is 0 Å². The van der Waals surface area contributed by atoms with Gasteiger partial charge in [-0.15, -0.1) is 0 Å². The van der Waals surface area contributed by atoms with Crippen LogP contribution in [0, 0.1) is 0 Å². The lowest BCUT2D eigenvalue weighted by molar-refractivity contribution is -0.127. The van der Waals surface area contributed by atoms with Gasteiger partial charge in [-0.3, -0.25) is 14.7 Å². The first-order valence-corrected chi connectivity index (χ1v) is 6.89. The molecular weight excluding hydrogens is 238 g/mol. The first kappa shape index (κ1) is 13.7. The molecule has 1 aliphatic heterocycles. The molecule has 1 aromatic rings. The van der Waals surface area contributed by atoms with Gasteiger partial charge >= 0.3 is 0 Å². The number of hydrogen-bond donors (Lipinski definition) is 0.